The predicted molar refractivity (Wildman–Crippen MR) is 84.7 cm³/mol. The van der Waals surface area contributed by atoms with Crippen LogP contribution in [0.1, 0.15) is 39.7 Å². The number of aromatic nitrogens is 1. The molecule has 1 amide bonds. The van der Waals surface area contributed by atoms with E-state index in [1.807, 2.05) is 50.2 Å². The van der Waals surface area contributed by atoms with Gasteiger partial charge in [0.05, 0.1) is 6.04 Å². The van der Waals surface area contributed by atoms with Crippen molar-refractivity contribution in [2.45, 2.75) is 32.4 Å². The van der Waals surface area contributed by atoms with Crippen LogP contribution in [-0.4, -0.2) is 23.5 Å². The third kappa shape index (κ3) is 3.02. The van der Waals surface area contributed by atoms with E-state index in [0.717, 1.165) is 23.1 Å². The molecular formula is C18H20N2O2. The highest BCUT2D eigenvalue weighted by Gasteiger charge is 2.31. The number of nitrogens with zero attached hydrogens (tertiary/aromatic N) is 1. The van der Waals surface area contributed by atoms with E-state index in [-0.39, 0.29) is 18.1 Å². The number of carbonyl (C=O) groups is 1. The molecule has 1 aromatic carbocycles. The van der Waals surface area contributed by atoms with Gasteiger partial charge in [0.15, 0.2) is 0 Å². The van der Waals surface area contributed by atoms with Gasteiger partial charge in [-0.2, -0.15) is 0 Å². The molecule has 1 aliphatic heterocycles. The summed E-state index contributed by atoms with van der Waals surface area (Å²) >= 11 is 0. The molecule has 0 saturated carbocycles. The zero-order valence-electron chi connectivity index (χ0n) is 12.9. The molecule has 0 aliphatic carbocycles. The Labute approximate surface area is 130 Å². The fourth-order valence-corrected chi connectivity index (χ4v) is 2.70. The minimum Gasteiger partial charge on any atom is -0.371 e. The highest BCUT2D eigenvalue weighted by Crippen LogP contribution is 2.29. The van der Waals surface area contributed by atoms with Gasteiger partial charge in [-0.3, -0.25) is 9.78 Å². The number of benzene rings is 1. The number of nitrogens with one attached hydrogen (secondary N) is 1. The third-order valence-electron chi connectivity index (χ3n) is 4.14. The van der Waals surface area contributed by atoms with E-state index in [9.17, 15) is 4.79 Å². The van der Waals surface area contributed by atoms with Crippen molar-refractivity contribution in [2.24, 2.45) is 0 Å². The van der Waals surface area contributed by atoms with Gasteiger partial charge in [-0.15, -0.1) is 0 Å². The van der Waals surface area contributed by atoms with Crippen LogP contribution in [-0.2, 0) is 4.74 Å². The number of rotatable bonds is 3. The van der Waals surface area contributed by atoms with Gasteiger partial charge in [0.2, 0.25) is 0 Å². The molecule has 1 aliphatic rings. The minimum absolute atomic E-state index is 0.0155. The van der Waals surface area contributed by atoms with Gasteiger partial charge in [-0.1, -0.05) is 30.3 Å². The molecule has 4 heteroatoms. The second kappa shape index (κ2) is 6.28. The smallest absolute Gasteiger partial charge is 0.270 e. The van der Waals surface area contributed by atoms with Crippen LogP contribution in [0.5, 0.6) is 0 Å². The number of hydrogen-bond acceptors (Lipinski definition) is 3. The van der Waals surface area contributed by atoms with Gasteiger partial charge in [0.1, 0.15) is 11.8 Å². The predicted octanol–water partition coefficient (Wildman–Crippen LogP) is 2.96. The molecule has 1 saturated heterocycles. The minimum atomic E-state index is -0.139. The lowest BCUT2D eigenvalue weighted by molar-refractivity contribution is 0.0818. The van der Waals surface area contributed by atoms with E-state index in [4.69, 9.17) is 4.74 Å². The number of aryl methyl sites for hydroxylation is 2. The molecule has 22 heavy (non-hydrogen) atoms. The number of pyridine rings is 1. The second-order valence-corrected chi connectivity index (χ2v) is 5.72. The van der Waals surface area contributed by atoms with Crippen LogP contribution < -0.4 is 5.32 Å². The van der Waals surface area contributed by atoms with Crippen LogP contribution in [0.15, 0.2) is 42.6 Å². The zero-order valence-corrected chi connectivity index (χ0v) is 12.9. The average molecular weight is 296 g/mol. The Morgan fingerprint density at radius 1 is 1.23 bits per heavy atom. The molecule has 114 valence electrons. The largest absolute Gasteiger partial charge is 0.371 e. The summed E-state index contributed by atoms with van der Waals surface area (Å²) in [4.78, 5) is 16.6. The van der Waals surface area contributed by atoms with Gasteiger partial charge in [0, 0.05) is 12.8 Å². The lowest BCUT2D eigenvalue weighted by Gasteiger charge is -2.20. The first-order valence-corrected chi connectivity index (χ1v) is 7.56. The molecular weight excluding hydrogens is 276 g/mol. The Morgan fingerprint density at radius 3 is 2.73 bits per heavy atom. The van der Waals surface area contributed by atoms with E-state index < -0.39 is 0 Å². The zero-order chi connectivity index (χ0) is 15.5. The SMILES string of the molecule is Cc1cnc(C(=O)N[C@@H]2CCO[C@H]2c2ccccc2)cc1C. The van der Waals surface area contributed by atoms with Crippen molar-refractivity contribution in [1.29, 1.82) is 0 Å². The van der Waals surface area contributed by atoms with Crippen LogP contribution in [0.2, 0.25) is 0 Å². The fraction of sp³-hybridized carbons (Fsp3) is 0.333. The lowest BCUT2D eigenvalue weighted by Crippen LogP contribution is -2.37. The first kappa shape index (κ1) is 14.7. The summed E-state index contributed by atoms with van der Waals surface area (Å²) < 4.78 is 5.80. The van der Waals surface area contributed by atoms with Crippen molar-refractivity contribution < 1.29 is 9.53 Å². The van der Waals surface area contributed by atoms with Gasteiger partial charge < -0.3 is 10.1 Å². The maximum absolute atomic E-state index is 12.4. The first-order chi connectivity index (χ1) is 10.6. The molecule has 0 bridgehead atoms. The normalized spacial score (nSPS) is 20.8. The first-order valence-electron chi connectivity index (χ1n) is 7.56. The lowest BCUT2D eigenvalue weighted by atomic mass is 10.0. The highest BCUT2D eigenvalue weighted by molar-refractivity contribution is 5.92. The van der Waals surface area contributed by atoms with Crippen molar-refractivity contribution in [3.8, 4) is 0 Å². The van der Waals surface area contributed by atoms with Crippen LogP contribution in [0, 0.1) is 13.8 Å². The molecule has 3 rings (SSSR count). The Kier molecular flexibility index (Phi) is 4.20. The molecule has 2 heterocycles. The van der Waals surface area contributed by atoms with E-state index in [1.54, 1.807) is 6.20 Å². The summed E-state index contributed by atoms with van der Waals surface area (Å²) in [6.45, 7) is 4.63. The van der Waals surface area contributed by atoms with Crippen molar-refractivity contribution in [3.63, 3.8) is 0 Å². The Morgan fingerprint density at radius 2 is 2.00 bits per heavy atom. The number of amides is 1. The molecule has 1 fully saturated rings. The maximum atomic E-state index is 12.4. The molecule has 0 spiro atoms. The summed E-state index contributed by atoms with van der Waals surface area (Å²) in [7, 11) is 0. The molecule has 2 atom stereocenters. The monoisotopic (exact) mass is 296 g/mol. The van der Waals surface area contributed by atoms with Crippen LogP contribution in [0.4, 0.5) is 0 Å². The average Bonchev–Trinajstić information content (AvgIpc) is 2.99. The van der Waals surface area contributed by atoms with Crippen molar-refractivity contribution in [3.05, 3.63) is 65.0 Å². The van der Waals surface area contributed by atoms with Gasteiger partial charge in [-0.25, -0.2) is 0 Å². The maximum Gasteiger partial charge on any atom is 0.270 e. The summed E-state index contributed by atoms with van der Waals surface area (Å²) in [5.74, 6) is -0.139. The van der Waals surface area contributed by atoms with Crippen molar-refractivity contribution >= 4 is 5.91 Å². The van der Waals surface area contributed by atoms with Crippen LogP contribution in [0.25, 0.3) is 0 Å². The van der Waals surface area contributed by atoms with Gasteiger partial charge >= 0.3 is 0 Å². The standard InChI is InChI=1S/C18H20N2O2/c1-12-10-16(19-11-13(12)2)18(21)20-15-8-9-22-17(15)14-6-4-3-5-7-14/h3-7,10-11,15,17H,8-9H2,1-2H3,(H,20,21)/t15-,17+/m1/s1. The third-order valence-corrected chi connectivity index (χ3v) is 4.14. The summed E-state index contributed by atoms with van der Waals surface area (Å²) in [6.07, 6.45) is 2.47. The number of carbonyl (C=O) groups excluding carboxylic acids is 1. The van der Waals surface area contributed by atoms with E-state index in [0.29, 0.717) is 12.3 Å². The molecule has 4 nitrogen and oxygen atoms in total. The molecule has 1 N–H and O–H groups in total. The number of hydrogen-bond donors (Lipinski definition) is 1. The summed E-state index contributed by atoms with van der Waals surface area (Å²) in [5, 5.41) is 3.06. The Hall–Kier alpha value is -2.20. The number of ether oxygens (including phenoxy) is 1. The quantitative estimate of drug-likeness (QED) is 0.947. The van der Waals surface area contributed by atoms with E-state index in [1.165, 1.54) is 0 Å². The molecule has 0 unspecified atom stereocenters. The van der Waals surface area contributed by atoms with E-state index in [2.05, 4.69) is 10.3 Å². The topological polar surface area (TPSA) is 51.2 Å². The molecule has 2 aromatic rings. The summed E-state index contributed by atoms with van der Waals surface area (Å²) in [6, 6.07) is 11.8. The fourth-order valence-electron chi connectivity index (χ4n) is 2.70. The van der Waals surface area contributed by atoms with Crippen molar-refractivity contribution in [2.75, 3.05) is 6.61 Å². The Bertz CT molecular complexity index is 670. The highest BCUT2D eigenvalue weighted by atomic mass is 16.5. The van der Waals surface area contributed by atoms with Crippen LogP contribution >= 0.6 is 0 Å². The van der Waals surface area contributed by atoms with Gasteiger partial charge in [-0.05, 0) is 43.0 Å². The van der Waals surface area contributed by atoms with Crippen molar-refractivity contribution in [1.82, 2.24) is 10.3 Å². The summed E-state index contributed by atoms with van der Waals surface area (Å²) in [5.41, 5.74) is 3.71. The molecule has 1 aromatic heterocycles. The second-order valence-electron chi connectivity index (χ2n) is 5.72. The van der Waals surface area contributed by atoms with Crippen LogP contribution in [0.3, 0.4) is 0 Å². The molecule has 0 radical (unpaired) electrons. The van der Waals surface area contributed by atoms with E-state index >= 15 is 0 Å². The van der Waals surface area contributed by atoms with Gasteiger partial charge in [0.25, 0.3) is 5.91 Å². The Balaban J connectivity index is 1.74.